The normalized spacial score (nSPS) is 10.8. The van der Waals surface area contributed by atoms with Crippen LogP contribution in [0.1, 0.15) is 120 Å². The Hall–Kier alpha value is -2.24. The lowest BCUT2D eigenvalue weighted by atomic mass is 10.0. The van der Waals surface area contributed by atoms with Crippen LogP contribution in [0.2, 0.25) is 0 Å². The number of carboxylic acid groups (broad SMARTS) is 1. The molecule has 0 aliphatic rings. The van der Waals surface area contributed by atoms with Crippen molar-refractivity contribution in [2.45, 2.75) is 110 Å². The summed E-state index contributed by atoms with van der Waals surface area (Å²) in [7, 11) is 0. The van der Waals surface area contributed by atoms with Crippen LogP contribution in [0.5, 0.6) is 5.75 Å². The number of aromatic hydroxyl groups is 1. The van der Waals surface area contributed by atoms with Gasteiger partial charge in [-0.05, 0) is 18.6 Å². The molecule has 0 radical (unpaired) electrons. The van der Waals surface area contributed by atoms with Crippen LogP contribution >= 0.6 is 0 Å². The maximum Gasteiger partial charge on any atom is 0.411 e. The molecule has 1 aromatic carbocycles. The SMILES string of the molecule is CCCCCCCCCCCCCCCCCCOC(=O)Nc1cccc(C(=O)O)c1O. The summed E-state index contributed by atoms with van der Waals surface area (Å²) >= 11 is 0. The molecule has 0 unspecified atom stereocenters. The minimum atomic E-state index is -1.26. The third kappa shape index (κ3) is 13.2. The molecule has 0 spiro atoms. The van der Waals surface area contributed by atoms with E-state index in [1.54, 1.807) is 0 Å². The van der Waals surface area contributed by atoms with Crippen molar-refractivity contribution in [3.05, 3.63) is 23.8 Å². The first-order valence-electron chi connectivity index (χ1n) is 12.5. The smallest absolute Gasteiger partial charge is 0.411 e. The summed E-state index contributed by atoms with van der Waals surface area (Å²) in [6.45, 7) is 2.57. The number of benzene rings is 1. The van der Waals surface area contributed by atoms with Gasteiger partial charge in [-0.1, -0.05) is 109 Å². The first-order chi connectivity index (χ1) is 15.6. The predicted octanol–water partition coefficient (Wildman–Crippen LogP) is 7.90. The number of hydrogen-bond acceptors (Lipinski definition) is 4. The van der Waals surface area contributed by atoms with E-state index < -0.39 is 17.8 Å². The molecule has 0 atom stereocenters. The number of unbranched alkanes of at least 4 members (excludes halogenated alkanes) is 15. The van der Waals surface area contributed by atoms with Crippen molar-refractivity contribution in [2.24, 2.45) is 0 Å². The van der Waals surface area contributed by atoms with Crippen LogP contribution in [-0.2, 0) is 4.74 Å². The van der Waals surface area contributed by atoms with Crippen molar-refractivity contribution in [3.8, 4) is 5.75 Å². The molecule has 0 heterocycles. The molecule has 0 saturated heterocycles. The Morgan fingerprint density at radius 3 is 1.72 bits per heavy atom. The Morgan fingerprint density at radius 1 is 0.781 bits per heavy atom. The molecule has 1 aromatic rings. The number of amides is 1. The molecule has 3 N–H and O–H groups in total. The monoisotopic (exact) mass is 449 g/mol. The number of hydrogen-bond donors (Lipinski definition) is 3. The van der Waals surface area contributed by atoms with Gasteiger partial charge >= 0.3 is 12.1 Å². The fourth-order valence-corrected chi connectivity index (χ4v) is 3.78. The summed E-state index contributed by atoms with van der Waals surface area (Å²) in [4.78, 5) is 22.8. The number of aromatic carboxylic acids is 1. The Balaban J connectivity index is 1.91. The molecule has 0 aliphatic heterocycles. The Morgan fingerprint density at radius 2 is 1.25 bits per heavy atom. The molecule has 0 aliphatic carbocycles. The summed E-state index contributed by atoms with van der Waals surface area (Å²) in [6.07, 6.45) is 19.9. The van der Waals surface area contributed by atoms with E-state index in [0.717, 1.165) is 19.3 Å². The van der Waals surface area contributed by atoms with E-state index in [4.69, 9.17) is 9.84 Å². The maximum atomic E-state index is 11.8. The summed E-state index contributed by atoms with van der Waals surface area (Å²) in [6, 6.07) is 4.15. The van der Waals surface area contributed by atoms with E-state index in [2.05, 4.69) is 12.2 Å². The zero-order valence-corrected chi connectivity index (χ0v) is 19.9. The maximum absolute atomic E-state index is 11.8. The number of phenols is 1. The number of anilines is 1. The van der Waals surface area contributed by atoms with Gasteiger partial charge in [0.15, 0.2) is 5.75 Å². The molecule has 1 amide bonds. The Bertz CT molecular complexity index is 647. The van der Waals surface area contributed by atoms with Gasteiger partial charge in [-0.25, -0.2) is 9.59 Å². The van der Waals surface area contributed by atoms with Gasteiger partial charge < -0.3 is 14.9 Å². The van der Waals surface area contributed by atoms with Crippen LogP contribution in [0.15, 0.2) is 18.2 Å². The van der Waals surface area contributed by atoms with Crippen molar-refractivity contribution in [2.75, 3.05) is 11.9 Å². The molecular weight excluding hydrogens is 406 g/mol. The largest absolute Gasteiger partial charge is 0.505 e. The van der Waals surface area contributed by atoms with E-state index in [-0.39, 0.29) is 11.3 Å². The van der Waals surface area contributed by atoms with Crippen LogP contribution in [-0.4, -0.2) is 28.9 Å². The van der Waals surface area contributed by atoms with E-state index in [0.29, 0.717) is 6.61 Å². The third-order valence-electron chi connectivity index (χ3n) is 5.73. The van der Waals surface area contributed by atoms with Crippen LogP contribution in [0.4, 0.5) is 10.5 Å². The highest BCUT2D eigenvalue weighted by Gasteiger charge is 2.14. The van der Waals surface area contributed by atoms with Gasteiger partial charge in [-0.15, -0.1) is 0 Å². The minimum absolute atomic E-state index is 0.0295. The first-order valence-corrected chi connectivity index (χ1v) is 12.5. The van der Waals surface area contributed by atoms with E-state index in [1.807, 2.05) is 0 Å². The average molecular weight is 450 g/mol. The van der Waals surface area contributed by atoms with Crippen molar-refractivity contribution in [1.29, 1.82) is 0 Å². The van der Waals surface area contributed by atoms with Crippen LogP contribution in [0.25, 0.3) is 0 Å². The molecule has 182 valence electrons. The highest BCUT2D eigenvalue weighted by atomic mass is 16.5. The van der Waals surface area contributed by atoms with E-state index in [9.17, 15) is 14.7 Å². The zero-order chi connectivity index (χ0) is 23.4. The Labute approximate surface area is 193 Å². The molecule has 32 heavy (non-hydrogen) atoms. The molecular formula is C26H43NO5. The number of carbonyl (C=O) groups excluding carboxylic acids is 1. The average Bonchev–Trinajstić information content (AvgIpc) is 2.77. The molecule has 0 bridgehead atoms. The number of carbonyl (C=O) groups is 2. The van der Waals surface area contributed by atoms with E-state index in [1.165, 1.54) is 102 Å². The number of para-hydroxylation sites is 1. The van der Waals surface area contributed by atoms with Gasteiger partial charge in [0.1, 0.15) is 5.56 Å². The second-order valence-electron chi connectivity index (χ2n) is 8.57. The van der Waals surface area contributed by atoms with Crippen LogP contribution in [0, 0.1) is 0 Å². The molecule has 0 saturated carbocycles. The minimum Gasteiger partial charge on any atom is -0.505 e. The van der Waals surface area contributed by atoms with Crippen molar-refractivity contribution in [1.82, 2.24) is 0 Å². The lowest BCUT2D eigenvalue weighted by molar-refractivity contribution is 0.0693. The first kappa shape index (κ1) is 27.8. The highest BCUT2D eigenvalue weighted by Crippen LogP contribution is 2.27. The standard InChI is InChI=1S/C26H43NO5/c1-2-3-4-5-6-7-8-9-10-11-12-13-14-15-16-17-21-32-26(31)27-23-20-18-19-22(24(23)28)25(29)30/h18-20,28H,2-17,21H2,1H3,(H,27,31)(H,29,30). The predicted molar refractivity (Wildman–Crippen MR) is 130 cm³/mol. The second kappa shape index (κ2) is 18.3. The molecule has 6 heteroatoms. The topological polar surface area (TPSA) is 95.9 Å². The number of rotatable bonds is 19. The quantitative estimate of drug-likeness (QED) is 0.147. The highest BCUT2D eigenvalue weighted by molar-refractivity contribution is 5.96. The van der Waals surface area contributed by atoms with Crippen LogP contribution < -0.4 is 5.32 Å². The van der Waals surface area contributed by atoms with Gasteiger partial charge in [0.05, 0.1) is 12.3 Å². The summed E-state index contributed by atoms with van der Waals surface area (Å²) in [5, 5.41) is 21.2. The van der Waals surface area contributed by atoms with Gasteiger partial charge in [-0.2, -0.15) is 0 Å². The molecule has 6 nitrogen and oxygen atoms in total. The number of nitrogens with one attached hydrogen (secondary N) is 1. The number of carboxylic acids is 1. The van der Waals surface area contributed by atoms with E-state index >= 15 is 0 Å². The van der Waals surface area contributed by atoms with Gasteiger partial charge in [0.2, 0.25) is 0 Å². The zero-order valence-electron chi connectivity index (χ0n) is 19.9. The summed E-state index contributed by atoms with van der Waals surface area (Å²) in [5.74, 6) is -1.73. The lowest BCUT2D eigenvalue weighted by Gasteiger charge is -2.09. The Kier molecular flexibility index (Phi) is 15.9. The third-order valence-corrected chi connectivity index (χ3v) is 5.73. The summed E-state index contributed by atoms with van der Waals surface area (Å²) < 4.78 is 5.11. The van der Waals surface area contributed by atoms with Gasteiger partial charge in [0, 0.05) is 0 Å². The molecule has 0 aromatic heterocycles. The fraction of sp³-hybridized carbons (Fsp3) is 0.692. The van der Waals surface area contributed by atoms with Crippen molar-refractivity contribution < 1.29 is 24.5 Å². The second-order valence-corrected chi connectivity index (χ2v) is 8.57. The van der Waals surface area contributed by atoms with Crippen LogP contribution in [0.3, 0.4) is 0 Å². The number of ether oxygens (including phenoxy) is 1. The molecule has 1 rings (SSSR count). The lowest BCUT2D eigenvalue weighted by Crippen LogP contribution is -2.15. The van der Waals surface area contributed by atoms with Crippen molar-refractivity contribution >= 4 is 17.7 Å². The molecule has 0 fully saturated rings. The van der Waals surface area contributed by atoms with Gasteiger partial charge in [-0.3, -0.25) is 5.32 Å². The summed E-state index contributed by atoms with van der Waals surface area (Å²) in [5.41, 5.74) is -0.234. The van der Waals surface area contributed by atoms with Gasteiger partial charge in [0.25, 0.3) is 0 Å². The van der Waals surface area contributed by atoms with Crippen molar-refractivity contribution in [3.63, 3.8) is 0 Å². The fourth-order valence-electron chi connectivity index (χ4n) is 3.78.